The molecule has 2 aliphatic heterocycles. The number of carbonyl (C=O) groups excluding carboxylic acids is 1. The Hall–Kier alpha value is -1.42. The number of aromatic nitrogens is 1. The Kier molecular flexibility index (Phi) is 3.51. The molecule has 0 bridgehead atoms. The number of carbonyl (C=O) groups is 1. The molecule has 0 aromatic carbocycles. The van der Waals surface area contributed by atoms with Gasteiger partial charge in [-0.3, -0.25) is 9.69 Å². The van der Waals surface area contributed by atoms with Crippen LogP contribution < -0.4 is 0 Å². The highest BCUT2D eigenvalue weighted by molar-refractivity contribution is 5.92. The van der Waals surface area contributed by atoms with E-state index in [1.807, 2.05) is 30.0 Å². The van der Waals surface area contributed by atoms with E-state index < -0.39 is 0 Å². The van der Waals surface area contributed by atoms with Gasteiger partial charge in [-0.05, 0) is 51.4 Å². The Balaban J connectivity index is 1.65. The molecule has 0 spiro atoms. The van der Waals surface area contributed by atoms with Crippen molar-refractivity contribution in [2.24, 2.45) is 0 Å². The predicted molar refractivity (Wildman–Crippen MR) is 74.1 cm³/mol. The van der Waals surface area contributed by atoms with E-state index in [0.717, 1.165) is 25.2 Å². The number of pyridine rings is 1. The number of aryl methyl sites for hydroxylation is 1. The molecule has 3 heterocycles. The van der Waals surface area contributed by atoms with Crippen LogP contribution in [0.25, 0.3) is 0 Å². The number of hydrogen-bond acceptors (Lipinski definition) is 3. The van der Waals surface area contributed by atoms with Gasteiger partial charge in [-0.1, -0.05) is 6.07 Å². The van der Waals surface area contributed by atoms with Crippen molar-refractivity contribution >= 4 is 5.91 Å². The van der Waals surface area contributed by atoms with E-state index in [-0.39, 0.29) is 5.91 Å². The summed E-state index contributed by atoms with van der Waals surface area (Å²) in [7, 11) is 0. The summed E-state index contributed by atoms with van der Waals surface area (Å²) >= 11 is 0. The third kappa shape index (κ3) is 2.63. The highest BCUT2D eigenvalue weighted by atomic mass is 16.2. The fraction of sp³-hybridized carbons (Fsp3) is 0.600. The topological polar surface area (TPSA) is 36.4 Å². The summed E-state index contributed by atoms with van der Waals surface area (Å²) in [5.41, 5.74) is 1.49. The van der Waals surface area contributed by atoms with Crippen LogP contribution in [0.5, 0.6) is 0 Å². The second-order valence-corrected chi connectivity index (χ2v) is 5.60. The van der Waals surface area contributed by atoms with E-state index in [1.165, 1.54) is 25.9 Å². The first-order chi connectivity index (χ1) is 9.24. The molecule has 0 radical (unpaired) electrons. The van der Waals surface area contributed by atoms with E-state index in [4.69, 9.17) is 0 Å². The smallest absolute Gasteiger partial charge is 0.272 e. The average Bonchev–Trinajstić information content (AvgIpc) is 3.08. The second-order valence-electron chi connectivity index (χ2n) is 5.60. The van der Waals surface area contributed by atoms with Gasteiger partial charge in [0.15, 0.2) is 0 Å². The van der Waals surface area contributed by atoms with Crippen molar-refractivity contribution in [3.05, 3.63) is 29.6 Å². The lowest BCUT2D eigenvalue weighted by Gasteiger charge is -2.23. The summed E-state index contributed by atoms with van der Waals surface area (Å²) in [6, 6.07) is 6.21. The number of rotatable bonds is 2. The molecule has 0 aliphatic carbocycles. The predicted octanol–water partition coefficient (Wildman–Crippen LogP) is 1.70. The van der Waals surface area contributed by atoms with Gasteiger partial charge < -0.3 is 4.90 Å². The number of likely N-dealkylation sites (tertiary alicyclic amines) is 2. The molecule has 0 saturated carbocycles. The molecule has 1 unspecified atom stereocenters. The molecule has 4 nitrogen and oxygen atoms in total. The minimum atomic E-state index is 0.0883. The Morgan fingerprint density at radius 1 is 1.26 bits per heavy atom. The first kappa shape index (κ1) is 12.6. The lowest BCUT2D eigenvalue weighted by molar-refractivity contribution is 0.0774. The van der Waals surface area contributed by atoms with Gasteiger partial charge in [-0.15, -0.1) is 0 Å². The Bertz CT molecular complexity index is 468. The normalized spacial score (nSPS) is 24.1. The van der Waals surface area contributed by atoms with Gasteiger partial charge in [-0.2, -0.15) is 0 Å². The minimum absolute atomic E-state index is 0.0883. The molecule has 2 saturated heterocycles. The number of hydrogen-bond donors (Lipinski definition) is 0. The van der Waals surface area contributed by atoms with Crippen LogP contribution in [0.2, 0.25) is 0 Å². The van der Waals surface area contributed by atoms with Crippen molar-refractivity contribution in [3.63, 3.8) is 0 Å². The van der Waals surface area contributed by atoms with Crippen LogP contribution in [0.1, 0.15) is 35.4 Å². The van der Waals surface area contributed by atoms with Crippen molar-refractivity contribution in [2.45, 2.75) is 32.2 Å². The van der Waals surface area contributed by atoms with Crippen molar-refractivity contribution in [1.82, 2.24) is 14.8 Å². The van der Waals surface area contributed by atoms with Crippen LogP contribution in [0, 0.1) is 6.92 Å². The molecule has 1 amide bonds. The standard InChI is InChI=1S/C15H21N3O/c1-12-5-4-6-14(16-12)15(19)18-10-7-13(11-18)17-8-2-3-9-17/h4-6,13H,2-3,7-11H2,1H3. The summed E-state index contributed by atoms with van der Waals surface area (Å²) in [6.45, 7) is 6.07. The van der Waals surface area contributed by atoms with Crippen LogP contribution in [0.3, 0.4) is 0 Å². The molecule has 2 aliphatic rings. The van der Waals surface area contributed by atoms with Gasteiger partial charge in [0.25, 0.3) is 5.91 Å². The summed E-state index contributed by atoms with van der Waals surface area (Å²) < 4.78 is 0. The molecule has 1 aromatic heterocycles. The maximum Gasteiger partial charge on any atom is 0.272 e. The van der Waals surface area contributed by atoms with E-state index in [0.29, 0.717) is 11.7 Å². The van der Waals surface area contributed by atoms with Crippen LogP contribution in [-0.4, -0.2) is 52.9 Å². The van der Waals surface area contributed by atoms with Crippen LogP contribution in [-0.2, 0) is 0 Å². The molecule has 2 fully saturated rings. The molecule has 102 valence electrons. The van der Waals surface area contributed by atoms with Gasteiger partial charge in [-0.25, -0.2) is 4.98 Å². The fourth-order valence-corrected chi connectivity index (χ4v) is 3.16. The van der Waals surface area contributed by atoms with Crippen LogP contribution in [0.15, 0.2) is 18.2 Å². The van der Waals surface area contributed by atoms with E-state index in [9.17, 15) is 4.79 Å². The highest BCUT2D eigenvalue weighted by Gasteiger charge is 2.32. The second kappa shape index (κ2) is 5.29. The summed E-state index contributed by atoms with van der Waals surface area (Å²) in [5, 5.41) is 0. The fourth-order valence-electron chi connectivity index (χ4n) is 3.16. The zero-order valence-electron chi connectivity index (χ0n) is 11.5. The largest absolute Gasteiger partial charge is 0.336 e. The van der Waals surface area contributed by atoms with E-state index in [2.05, 4.69) is 9.88 Å². The molecular formula is C15H21N3O. The maximum atomic E-state index is 12.4. The van der Waals surface area contributed by atoms with Crippen LogP contribution in [0.4, 0.5) is 0 Å². The minimum Gasteiger partial charge on any atom is -0.336 e. The zero-order chi connectivity index (χ0) is 13.2. The van der Waals surface area contributed by atoms with E-state index >= 15 is 0 Å². The van der Waals surface area contributed by atoms with Crippen molar-refractivity contribution in [3.8, 4) is 0 Å². The SMILES string of the molecule is Cc1cccc(C(=O)N2CCC(N3CCCC3)C2)n1. The third-order valence-corrected chi connectivity index (χ3v) is 4.22. The van der Waals surface area contributed by atoms with Gasteiger partial charge in [0.05, 0.1) is 0 Å². The first-order valence-electron chi connectivity index (χ1n) is 7.21. The number of amides is 1. The quantitative estimate of drug-likeness (QED) is 0.811. The van der Waals surface area contributed by atoms with Crippen molar-refractivity contribution < 1.29 is 4.79 Å². The highest BCUT2D eigenvalue weighted by Crippen LogP contribution is 2.21. The van der Waals surface area contributed by atoms with Gasteiger partial charge >= 0.3 is 0 Å². The maximum absolute atomic E-state index is 12.4. The van der Waals surface area contributed by atoms with Crippen molar-refractivity contribution in [1.29, 1.82) is 0 Å². The van der Waals surface area contributed by atoms with Gasteiger partial charge in [0, 0.05) is 24.8 Å². The lowest BCUT2D eigenvalue weighted by Crippen LogP contribution is -2.37. The molecule has 3 rings (SSSR count). The summed E-state index contributed by atoms with van der Waals surface area (Å²) in [5.74, 6) is 0.0883. The zero-order valence-corrected chi connectivity index (χ0v) is 11.5. The Labute approximate surface area is 114 Å². The Morgan fingerprint density at radius 2 is 2.05 bits per heavy atom. The molecular weight excluding hydrogens is 238 g/mol. The molecule has 4 heteroatoms. The average molecular weight is 259 g/mol. The first-order valence-corrected chi connectivity index (χ1v) is 7.21. The van der Waals surface area contributed by atoms with Crippen LogP contribution >= 0.6 is 0 Å². The van der Waals surface area contributed by atoms with Crippen molar-refractivity contribution in [2.75, 3.05) is 26.2 Å². The Morgan fingerprint density at radius 3 is 2.79 bits per heavy atom. The summed E-state index contributed by atoms with van der Waals surface area (Å²) in [4.78, 5) is 21.2. The monoisotopic (exact) mass is 259 g/mol. The third-order valence-electron chi connectivity index (χ3n) is 4.22. The van der Waals surface area contributed by atoms with Gasteiger partial charge in [0.1, 0.15) is 5.69 Å². The molecule has 19 heavy (non-hydrogen) atoms. The lowest BCUT2D eigenvalue weighted by atomic mass is 10.2. The molecule has 1 atom stereocenters. The molecule has 0 N–H and O–H groups in total. The summed E-state index contributed by atoms with van der Waals surface area (Å²) in [6.07, 6.45) is 3.73. The number of nitrogens with zero attached hydrogens (tertiary/aromatic N) is 3. The molecule has 1 aromatic rings. The van der Waals surface area contributed by atoms with E-state index in [1.54, 1.807) is 0 Å². The van der Waals surface area contributed by atoms with Gasteiger partial charge in [0.2, 0.25) is 0 Å².